The molecule has 3 atom stereocenters. The second-order valence-corrected chi connectivity index (χ2v) is 19.4. The summed E-state index contributed by atoms with van der Waals surface area (Å²) in [5, 5.41) is 2.58. The van der Waals surface area contributed by atoms with Crippen LogP contribution in [-0.4, -0.2) is 92.2 Å². The summed E-state index contributed by atoms with van der Waals surface area (Å²) in [7, 11) is 1.53. The van der Waals surface area contributed by atoms with Crippen LogP contribution < -0.4 is 68.1 Å². The van der Waals surface area contributed by atoms with E-state index in [9.17, 15) is 19.2 Å². The molecule has 0 saturated carbocycles. The van der Waals surface area contributed by atoms with E-state index in [0.717, 1.165) is 96.5 Å². The number of pyridine rings is 2. The fourth-order valence-electron chi connectivity index (χ4n) is 9.81. The maximum Gasteiger partial charge on any atom is 1.00 e. The van der Waals surface area contributed by atoms with E-state index < -0.39 is 6.04 Å². The number of nitrogen functional groups attached to an aromatic ring is 1. The Morgan fingerprint density at radius 1 is 0.920 bits per heavy atom. The molecule has 3 N–H and O–H groups in total. The quantitative estimate of drug-likeness (QED) is 0.0299. The summed E-state index contributed by atoms with van der Waals surface area (Å²) in [4.78, 5) is 61.2. The molecule has 0 spiro atoms. The Balaban J connectivity index is 0.000000408. The molecular formula is C62H91KN8O4-2. The van der Waals surface area contributed by atoms with Gasteiger partial charge in [0, 0.05) is 71.9 Å². The standard InChI is InChI=1S/C29H34N4O.C17H22N3O3.C14H29N.C2H6.K/c1-19(17-28-20(2)31-14-11-27(28)26-9-10-29(30)32-18-26)21(3)33-15-12-25(13-16-33)24-7-5-23(6-8-24)22(4)34;1-4-9-19-15-11-12(2)7-8-13(15)20(17(19)23)14(6-5-10-21)16(22)18-3;1-6-10-14(11-7-2)12-15(9-4)13(5)8-3;1-2;/h5-11,14,17-18,21,25H,12-13,15-16H2,1-4H3,(H2,30,32);7-8,10-11,14H,2,4-6,9H2,1,3H3,(H,18,22);13-14H,4-12H2,1-3H3;1-2H3;/q;-1;-2;;+1/b19-17+;;;;. The molecule has 1 aliphatic rings. The van der Waals surface area contributed by atoms with E-state index >= 15 is 0 Å². The summed E-state index contributed by atoms with van der Waals surface area (Å²) < 4.78 is 3.16. The second kappa shape index (κ2) is 35.2. The molecule has 6 rings (SSSR count). The summed E-state index contributed by atoms with van der Waals surface area (Å²) in [5.41, 5.74) is 15.6. The van der Waals surface area contributed by atoms with Crippen LogP contribution in [0.3, 0.4) is 0 Å². The number of fused-ring (bicyclic) bond motifs is 1. The Labute approximate surface area is 494 Å². The SMILES string of the molecule is CC.CC(=O)c1ccc(C2CCN(C(C)/C(C)=C/c3c(-c4ccc(N)nc4)ccnc3C)CC2)cc1.[CH2-]CN(CC(CCC)CCC)C([CH2-])CC.[CH2-]c1ccc2c(c1)n(CCC)c(=O)n2C(CCC=O)C(=O)NC.[K+]. The van der Waals surface area contributed by atoms with Crippen molar-refractivity contribution in [2.45, 2.75) is 164 Å². The largest absolute Gasteiger partial charge is 1.00 e. The molecule has 406 valence electrons. The first-order valence-corrected chi connectivity index (χ1v) is 27.4. The smallest absolute Gasteiger partial charge is 0.384 e. The molecule has 1 amide bonds. The van der Waals surface area contributed by atoms with Crippen LogP contribution in [0.1, 0.15) is 171 Å². The first-order chi connectivity index (χ1) is 35.6. The van der Waals surface area contributed by atoms with Crippen molar-refractivity contribution >= 4 is 40.9 Å². The van der Waals surface area contributed by atoms with E-state index in [-0.39, 0.29) is 75.2 Å². The maximum atomic E-state index is 12.9. The number of carbonyl (C=O) groups excluding carboxylic acids is 3. The number of rotatable bonds is 22. The number of likely N-dealkylation sites (N-methyl/N-ethyl adjacent to an activating group) is 1. The Hall–Kier alpha value is -4.21. The fraction of sp³-hybridized carbons (Fsp3) is 0.500. The van der Waals surface area contributed by atoms with E-state index in [1.807, 2.05) is 81.7 Å². The van der Waals surface area contributed by atoms with Gasteiger partial charge in [-0.15, -0.1) is 18.7 Å². The minimum absolute atomic E-state index is 0. The average molecular weight is 1050 g/mol. The first-order valence-electron chi connectivity index (χ1n) is 27.4. The van der Waals surface area contributed by atoms with Crippen LogP contribution in [0.25, 0.3) is 28.2 Å². The molecule has 0 radical (unpaired) electrons. The number of hydrogen-bond donors (Lipinski definition) is 2. The zero-order valence-corrected chi connectivity index (χ0v) is 51.2. The number of Topliss-reactive ketones (excluding diaryl/α,β-unsaturated/α-hetero) is 1. The first kappa shape index (κ1) is 66.9. The number of piperidine rings is 1. The van der Waals surface area contributed by atoms with Crippen LogP contribution in [-0.2, 0) is 16.1 Å². The molecule has 4 heterocycles. The van der Waals surface area contributed by atoms with Crippen molar-refractivity contribution in [3.63, 3.8) is 0 Å². The van der Waals surface area contributed by atoms with Crippen LogP contribution in [0, 0.1) is 33.6 Å². The molecular weight excluding hydrogens is 960 g/mol. The average Bonchev–Trinajstić information content (AvgIpc) is 3.68. The van der Waals surface area contributed by atoms with E-state index in [1.165, 1.54) is 55.0 Å². The summed E-state index contributed by atoms with van der Waals surface area (Å²) in [5.74, 6) is 1.77. The predicted molar refractivity (Wildman–Crippen MR) is 310 cm³/mol. The molecule has 0 bridgehead atoms. The van der Waals surface area contributed by atoms with Gasteiger partial charge in [-0.2, -0.15) is 18.6 Å². The molecule has 3 aromatic heterocycles. The number of likely N-dealkylation sites (tertiary alicyclic amines) is 1. The normalized spacial score (nSPS) is 14.0. The number of hydrogen-bond acceptors (Lipinski definition) is 9. The molecule has 3 unspecified atom stereocenters. The zero-order chi connectivity index (χ0) is 54.9. The third-order valence-corrected chi connectivity index (χ3v) is 14.2. The number of imidazole rings is 1. The maximum absolute atomic E-state index is 12.9. The summed E-state index contributed by atoms with van der Waals surface area (Å²) in [6, 6.07) is 19.6. The minimum Gasteiger partial charge on any atom is -0.384 e. The third kappa shape index (κ3) is 19.6. The number of nitrogens with zero attached hydrogens (tertiary/aromatic N) is 6. The summed E-state index contributed by atoms with van der Waals surface area (Å²) in [6.45, 7) is 37.8. The number of nitrogens with one attached hydrogen (secondary N) is 1. The van der Waals surface area contributed by atoms with E-state index in [4.69, 9.17) is 5.73 Å². The van der Waals surface area contributed by atoms with Crippen molar-refractivity contribution in [1.29, 1.82) is 0 Å². The second-order valence-electron chi connectivity index (χ2n) is 19.4. The van der Waals surface area contributed by atoms with Gasteiger partial charge in [0.05, 0.1) is 0 Å². The van der Waals surface area contributed by atoms with E-state index in [1.54, 1.807) is 11.5 Å². The minimum atomic E-state index is -0.700. The van der Waals surface area contributed by atoms with Crippen LogP contribution in [0.2, 0.25) is 0 Å². The molecule has 1 fully saturated rings. The monoisotopic (exact) mass is 1050 g/mol. The van der Waals surface area contributed by atoms with E-state index in [2.05, 4.69) is 106 Å². The molecule has 75 heavy (non-hydrogen) atoms. The van der Waals surface area contributed by atoms with Gasteiger partial charge in [0.15, 0.2) is 5.78 Å². The summed E-state index contributed by atoms with van der Waals surface area (Å²) in [6.07, 6.45) is 16.7. The number of anilines is 1. The number of aryl methyl sites for hydroxylation is 2. The number of carbonyl (C=O) groups is 3. The number of benzene rings is 2. The van der Waals surface area contributed by atoms with Crippen LogP contribution in [0.4, 0.5) is 5.82 Å². The van der Waals surface area contributed by atoms with Crippen LogP contribution >= 0.6 is 0 Å². The Morgan fingerprint density at radius 3 is 2.11 bits per heavy atom. The number of aromatic nitrogens is 4. The number of nitrogens with two attached hydrogens (primary N) is 1. The molecule has 5 aromatic rings. The zero-order valence-electron chi connectivity index (χ0n) is 48.1. The van der Waals surface area contributed by atoms with Gasteiger partial charge in [0.25, 0.3) is 0 Å². The van der Waals surface area contributed by atoms with Crippen molar-refractivity contribution in [3.05, 3.63) is 138 Å². The van der Waals surface area contributed by atoms with E-state index in [0.29, 0.717) is 42.3 Å². The van der Waals surface area contributed by atoms with Gasteiger partial charge in [0.2, 0.25) is 5.91 Å². The van der Waals surface area contributed by atoms with Gasteiger partial charge < -0.3 is 39.2 Å². The third-order valence-electron chi connectivity index (χ3n) is 14.2. The molecule has 12 nitrogen and oxygen atoms in total. The molecule has 0 aliphatic carbocycles. The molecule has 13 heteroatoms. The Morgan fingerprint density at radius 2 is 1.57 bits per heavy atom. The number of amides is 1. The van der Waals surface area contributed by atoms with Gasteiger partial charge in [-0.3, -0.25) is 24.0 Å². The van der Waals surface area contributed by atoms with Crippen molar-refractivity contribution in [2.75, 3.05) is 39.0 Å². The molecule has 1 aliphatic heterocycles. The Bertz CT molecular complexity index is 2560. The van der Waals surface area contributed by atoms with Crippen molar-refractivity contribution < 1.29 is 65.8 Å². The van der Waals surface area contributed by atoms with Crippen molar-refractivity contribution in [3.8, 4) is 11.1 Å². The van der Waals surface area contributed by atoms with Gasteiger partial charge in [-0.25, -0.2) is 9.78 Å². The van der Waals surface area contributed by atoms with Crippen LogP contribution in [0.15, 0.2) is 83.4 Å². The number of ketones is 1. The fourth-order valence-corrected chi connectivity index (χ4v) is 9.81. The van der Waals surface area contributed by atoms with Crippen molar-refractivity contribution in [1.82, 2.24) is 34.2 Å². The molecule has 1 saturated heterocycles. The Kier molecular flexibility index (Phi) is 31.4. The topological polar surface area (TPSA) is 148 Å². The van der Waals surface area contributed by atoms with Gasteiger partial charge in [-0.1, -0.05) is 103 Å². The summed E-state index contributed by atoms with van der Waals surface area (Å²) >= 11 is 0. The number of aldehydes is 1. The predicted octanol–water partition coefficient (Wildman–Crippen LogP) is 9.55. The van der Waals surface area contributed by atoms with Gasteiger partial charge >= 0.3 is 57.1 Å². The van der Waals surface area contributed by atoms with Crippen molar-refractivity contribution in [2.24, 2.45) is 5.92 Å². The van der Waals surface area contributed by atoms with Gasteiger partial charge in [-0.05, 0) is 127 Å². The van der Waals surface area contributed by atoms with Gasteiger partial charge in [0.1, 0.15) is 18.1 Å². The molecule has 2 aromatic carbocycles. The van der Waals surface area contributed by atoms with Crippen LogP contribution in [0.5, 0.6) is 0 Å².